The number of nitrogens with one attached hydrogen (secondary N) is 1. The van der Waals surface area contributed by atoms with Crippen molar-refractivity contribution in [2.75, 3.05) is 0 Å². The quantitative estimate of drug-likeness (QED) is 0.652. The summed E-state index contributed by atoms with van der Waals surface area (Å²) in [7, 11) is 0. The van der Waals surface area contributed by atoms with E-state index in [1.165, 1.54) is 0 Å². The Bertz CT molecular complexity index is 499. The van der Waals surface area contributed by atoms with E-state index in [4.69, 9.17) is 16.4 Å². The number of hydrogen-bond donors (Lipinski definition) is 1. The van der Waals surface area contributed by atoms with Crippen LogP contribution >= 0.6 is 11.6 Å². The van der Waals surface area contributed by atoms with E-state index in [0.717, 1.165) is 21.7 Å². The molecule has 2 rings (SSSR count). The Morgan fingerprint density at radius 2 is 1.83 bits per heavy atom. The minimum Gasteiger partial charge on any atom is -0.297 e. The molecule has 0 heterocycles. The fraction of sp³-hybridized carbons (Fsp3) is 0.200. The molecule has 0 aliphatic rings. The first kappa shape index (κ1) is 13.1. The third-order valence-electron chi connectivity index (χ3n) is 2.70. The Morgan fingerprint density at radius 3 is 2.56 bits per heavy atom. The van der Waals surface area contributed by atoms with Gasteiger partial charge in [-0.2, -0.15) is 5.48 Å². The van der Waals surface area contributed by atoms with Crippen molar-refractivity contribution < 1.29 is 4.84 Å². The maximum atomic E-state index is 6.05. The summed E-state index contributed by atoms with van der Waals surface area (Å²) < 4.78 is 0. The highest BCUT2D eigenvalue weighted by atomic mass is 35.5. The Balaban J connectivity index is 1.77. The predicted molar refractivity (Wildman–Crippen MR) is 74.3 cm³/mol. The lowest BCUT2D eigenvalue weighted by atomic mass is 10.1. The van der Waals surface area contributed by atoms with Crippen molar-refractivity contribution in [1.29, 1.82) is 0 Å². The van der Waals surface area contributed by atoms with Gasteiger partial charge in [-0.25, -0.2) is 0 Å². The number of rotatable bonds is 5. The molecule has 0 amide bonds. The first-order valence-corrected chi connectivity index (χ1v) is 6.27. The van der Waals surface area contributed by atoms with Crippen LogP contribution < -0.4 is 5.48 Å². The van der Waals surface area contributed by atoms with Crippen LogP contribution in [-0.4, -0.2) is 0 Å². The summed E-state index contributed by atoms with van der Waals surface area (Å²) in [6.07, 6.45) is 0. The van der Waals surface area contributed by atoms with Gasteiger partial charge in [-0.15, -0.1) is 0 Å². The molecule has 2 aromatic carbocycles. The van der Waals surface area contributed by atoms with Crippen molar-refractivity contribution in [1.82, 2.24) is 5.48 Å². The summed E-state index contributed by atoms with van der Waals surface area (Å²) in [5.41, 5.74) is 6.28. The SMILES string of the molecule is Cc1ccc(CNOCc2ccccc2)cc1Cl. The van der Waals surface area contributed by atoms with Gasteiger partial charge in [0.2, 0.25) is 0 Å². The molecule has 0 bridgehead atoms. The van der Waals surface area contributed by atoms with E-state index in [0.29, 0.717) is 13.2 Å². The van der Waals surface area contributed by atoms with E-state index in [2.05, 4.69) is 5.48 Å². The van der Waals surface area contributed by atoms with Crippen LogP contribution in [0.25, 0.3) is 0 Å². The number of aryl methyl sites for hydroxylation is 1. The summed E-state index contributed by atoms with van der Waals surface area (Å²) >= 11 is 6.05. The van der Waals surface area contributed by atoms with Gasteiger partial charge >= 0.3 is 0 Å². The van der Waals surface area contributed by atoms with Gasteiger partial charge in [0.05, 0.1) is 6.61 Å². The molecular weight excluding hydrogens is 246 g/mol. The van der Waals surface area contributed by atoms with Crippen LogP contribution in [0, 0.1) is 6.92 Å². The molecule has 0 unspecified atom stereocenters. The van der Waals surface area contributed by atoms with Crippen LogP contribution in [0.15, 0.2) is 48.5 Å². The summed E-state index contributed by atoms with van der Waals surface area (Å²) in [6, 6.07) is 16.1. The van der Waals surface area contributed by atoms with E-state index in [1.54, 1.807) is 0 Å². The molecular formula is C15H16ClNO. The van der Waals surface area contributed by atoms with E-state index in [-0.39, 0.29) is 0 Å². The molecule has 94 valence electrons. The number of hydrogen-bond acceptors (Lipinski definition) is 2. The van der Waals surface area contributed by atoms with E-state index in [9.17, 15) is 0 Å². The minimum absolute atomic E-state index is 0.556. The topological polar surface area (TPSA) is 21.3 Å². The monoisotopic (exact) mass is 261 g/mol. The first-order chi connectivity index (χ1) is 8.75. The largest absolute Gasteiger partial charge is 0.297 e. The Kier molecular flexibility index (Phi) is 4.76. The normalized spacial score (nSPS) is 10.6. The van der Waals surface area contributed by atoms with Crippen LogP contribution in [0.5, 0.6) is 0 Å². The molecule has 0 saturated heterocycles. The molecule has 0 spiro atoms. The van der Waals surface area contributed by atoms with Gasteiger partial charge in [0.1, 0.15) is 0 Å². The lowest BCUT2D eigenvalue weighted by Gasteiger charge is -2.07. The Labute approximate surface area is 113 Å². The van der Waals surface area contributed by atoms with Crippen LogP contribution in [0.2, 0.25) is 5.02 Å². The van der Waals surface area contributed by atoms with Gasteiger partial charge in [0.25, 0.3) is 0 Å². The summed E-state index contributed by atoms with van der Waals surface area (Å²) in [6.45, 7) is 3.19. The lowest BCUT2D eigenvalue weighted by molar-refractivity contribution is 0.0235. The highest BCUT2D eigenvalue weighted by Gasteiger charge is 1.98. The van der Waals surface area contributed by atoms with Gasteiger partial charge in [0, 0.05) is 11.6 Å². The third kappa shape index (κ3) is 3.84. The molecule has 0 atom stereocenters. The zero-order valence-electron chi connectivity index (χ0n) is 10.3. The Morgan fingerprint density at radius 1 is 1.06 bits per heavy atom. The second-order valence-corrected chi connectivity index (χ2v) is 4.59. The van der Waals surface area contributed by atoms with E-state index in [1.807, 2.05) is 55.5 Å². The average Bonchev–Trinajstić information content (AvgIpc) is 2.40. The smallest absolute Gasteiger partial charge is 0.0933 e. The van der Waals surface area contributed by atoms with Crippen LogP contribution in [0.1, 0.15) is 16.7 Å². The zero-order valence-corrected chi connectivity index (χ0v) is 11.1. The van der Waals surface area contributed by atoms with Gasteiger partial charge in [-0.1, -0.05) is 54.1 Å². The van der Waals surface area contributed by atoms with E-state index < -0.39 is 0 Å². The van der Waals surface area contributed by atoms with Crippen LogP contribution in [0.3, 0.4) is 0 Å². The fourth-order valence-corrected chi connectivity index (χ4v) is 1.79. The average molecular weight is 262 g/mol. The van der Waals surface area contributed by atoms with Crippen LogP contribution in [0.4, 0.5) is 0 Å². The molecule has 0 aromatic heterocycles. The van der Waals surface area contributed by atoms with Crippen molar-refractivity contribution in [3.8, 4) is 0 Å². The van der Waals surface area contributed by atoms with E-state index >= 15 is 0 Å². The molecule has 0 aliphatic carbocycles. The molecule has 0 aliphatic heterocycles. The Hall–Kier alpha value is -1.35. The summed E-state index contributed by atoms with van der Waals surface area (Å²) in [5.74, 6) is 0. The summed E-state index contributed by atoms with van der Waals surface area (Å²) in [4.78, 5) is 5.40. The van der Waals surface area contributed by atoms with Crippen molar-refractivity contribution in [3.63, 3.8) is 0 Å². The number of hydroxylamine groups is 1. The molecule has 2 nitrogen and oxygen atoms in total. The van der Waals surface area contributed by atoms with Crippen molar-refractivity contribution in [3.05, 3.63) is 70.2 Å². The van der Waals surface area contributed by atoms with Crippen LogP contribution in [-0.2, 0) is 18.0 Å². The fourth-order valence-electron chi connectivity index (χ4n) is 1.59. The second kappa shape index (κ2) is 6.55. The van der Waals surface area contributed by atoms with Gasteiger partial charge in [0.15, 0.2) is 0 Å². The van der Waals surface area contributed by atoms with Crippen molar-refractivity contribution in [2.45, 2.75) is 20.1 Å². The molecule has 2 aromatic rings. The third-order valence-corrected chi connectivity index (χ3v) is 3.10. The second-order valence-electron chi connectivity index (χ2n) is 4.18. The summed E-state index contributed by atoms with van der Waals surface area (Å²) in [5, 5.41) is 0.789. The standard InChI is InChI=1S/C15H16ClNO/c1-12-7-8-14(9-15(12)16)10-17-18-11-13-5-3-2-4-6-13/h2-9,17H,10-11H2,1H3. The van der Waals surface area contributed by atoms with Gasteiger partial charge in [-0.05, 0) is 29.7 Å². The lowest BCUT2D eigenvalue weighted by Crippen LogP contribution is -2.13. The molecule has 18 heavy (non-hydrogen) atoms. The van der Waals surface area contributed by atoms with Gasteiger partial charge in [-0.3, -0.25) is 4.84 Å². The van der Waals surface area contributed by atoms with Crippen molar-refractivity contribution in [2.24, 2.45) is 0 Å². The predicted octanol–water partition coefficient (Wildman–Crippen LogP) is 3.87. The maximum Gasteiger partial charge on any atom is 0.0933 e. The molecule has 0 saturated carbocycles. The first-order valence-electron chi connectivity index (χ1n) is 5.89. The zero-order chi connectivity index (χ0) is 12.8. The molecule has 0 radical (unpaired) electrons. The minimum atomic E-state index is 0.556. The molecule has 0 fully saturated rings. The molecule has 1 N–H and O–H groups in total. The number of halogens is 1. The highest BCUT2D eigenvalue weighted by Crippen LogP contribution is 2.16. The molecule has 3 heteroatoms. The number of benzene rings is 2. The highest BCUT2D eigenvalue weighted by molar-refractivity contribution is 6.31. The maximum absolute atomic E-state index is 6.05. The van der Waals surface area contributed by atoms with Crippen molar-refractivity contribution >= 4 is 11.6 Å². The van der Waals surface area contributed by atoms with Gasteiger partial charge < -0.3 is 0 Å².